The zero-order chi connectivity index (χ0) is 90.5. The van der Waals surface area contributed by atoms with Crippen LogP contribution in [0.2, 0.25) is 0 Å². The summed E-state index contributed by atoms with van der Waals surface area (Å²) in [6, 6.07) is -1.53. The number of aryl methyl sites for hydroxylation is 1. The summed E-state index contributed by atoms with van der Waals surface area (Å²) < 4.78 is 0. The number of Topliss-reactive ketones (excluding diaryl/α,β-unsaturated/α-hetero) is 1. The molecule has 2 aromatic heterocycles. The molecule has 6 rings (SSSR count). The Morgan fingerprint density at radius 3 is 1.88 bits per heavy atom. The van der Waals surface area contributed by atoms with E-state index in [1.165, 1.54) is 46.0 Å². The summed E-state index contributed by atoms with van der Waals surface area (Å²) >= 11 is 0. The van der Waals surface area contributed by atoms with Crippen LogP contribution in [-0.4, -0.2) is 258 Å². The lowest BCUT2D eigenvalue weighted by Crippen LogP contribution is -2.62. The van der Waals surface area contributed by atoms with Gasteiger partial charge in [-0.05, 0) is 106 Å². The first kappa shape index (κ1) is 101. The van der Waals surface area contributed by atoms with Crippen molar-refractivity contribution >= 4 is 105 Å². The molecule has 14 amide bonds. The van der Waals surface area contributed by atoms with Crippen LogP contribution in [0, 0.1) is 5.41 Å². The summed E-state index contributed by atoms with van der Waals surface area (Å²) in [5, 5.41) is 88.4. The van der Waals surface area contributed by atoms with E-state index in [4.69, 9.17) is 22.6 Å². The molecule has 2 fully saturated rings. The van der Waals surface area contributed by atoms with Crippen molar-refractivity contribution in [2.45, 2.75) is 292 Å². The largest absolute Gasteiger partial charge is 0.394 e. The number of nitrogens with two attached hydrogens (primary N) is 3. The molecule has 2 aliphatic heterocycles. The van der Waals surface area contributed by atoms with Crippen molar-refractivity contribution < 1.29 is 87.2 Å². The normalized spacial score (nSPS) is 19.8. The maximum atomic E-state index is 15.2. The molecular weight excluding hydrogens is 1610 g/mol. The average molecular weight is 1740 g/mol. The molecule has 684 valence electrons. The number of hydrogen-bond donors (Lipinski definition) is 22. The minimum absolute atomic E-state index is 0.0256. The number of guanidine groups is 1. The first-order chi connectivity index (χ1) is 59.5. The number of fused-ring (bicyclic) bond motifs is 2. The molecule has 41 nitrogen and oxygen atoms in total. The number of ketones is 1. The molecule has 2 saturated heterocycles. The number of benzene rings is 2. The molecule has 4 heterocycles. The minimum atomic E-state index is -1.89. The number of nitrogens with zero attached hydrogens (tertiary/aromatic N) is 4. The Labute approximate surface area is 720 Å². The highest BCUT2D eigenvalue weighted by atomic mass is 16.3. The van der Waals surface area contributed by atoms with Crippen molar-refractivity contribution in [2.75, 3.05) is 39.3 Å². The Morgan fingerprint density at radius 2 is 1.23 bits per heavy atom. The third-order valence-corrected chi connectivity index (χ3v) is 21.7. The number of rotatable bonds is 47. The Bertz CT molecular complexity index is 4130. The summed E-state index contributed by atoms with van der Waals surface area (Å²) in [4.78, 5) is 214. The number of H-pyrrole nitrogens is 2. The number of unbranched alkanes of at least 4 members (excludes halogenated alkanes) is 13. The summed E-state index contributed by atoms with van der Waals surface area (Å²) in [5.74, 6) is -12.9. The number of aliphatic hydroxyl groups is 3. The lowest BCUT2D eigenvalue weighted by Gasteiger charge is -2.31. The molecule has 0 aliphatic carbocycles. The van der Waals surface area contributed by atoms with E-state index in [1.807, 2.05) is 18.2 Å². The average Bonchev–Trinajstić information content (AvgIpc) is 1.62. The second-order valence-corrected chi connectivity index (χ2v) is 31.7. The van der Waals surface area contributed by atoms with Gasteiger partial charge in [0.25, 0.3) is 0 Å². The molecule has 0 bridgehead atoms. The molecule has 0 spiro atoms. The minimum Gasteiger partial charge on any atom is -0.394 e. The van der Waals surface area contributed by atoms with Crippen molar-refractivity contribution in [3.63, 3.8) is 0 Å². The number of hydrogen-bond acceptors (Lipinski definition) is 23. The van der Waals surface area contributed by atoms with Crippen LogP contribution in [0.3, 0.4) is 0 Å². The Hall–Kier alpha value is -11.6. The summed E-state index contributed by atoms with van der Waals surface area (Å²) in [7, 11) is 0. The van der Waals surface area contributed by atoms with Gasteiger partial charge < -0.3 is 112 Å². The van der Waals surface area contributed by atoms with Crippen molar-refractivity contribution in [3.8, 4) is 0 Å². The highest BCUT2D eigenvalue weighted by Gasteiger charge is 2.44. The monoisotopic (exact) mass is 1740 g/mol. The summed E-state index contributed by atoms with van der Waals surface area (Å²) in [5.41, 5.74) is 18.9. The van der Waals surface area contributed by atoms with Gasteiger partial charge in [-0.2, -0.15) is 0 Å². The standard InChI is InChI=1S/C83H129N23O18/c1-4-5-30-58(94-79(121)65(49-107)100-78(120)64(45-84)99-75(117)60(36-38-67(85)111)95-81(123)72(51(3)109)101-71(114)47-91-69(112)35-21-16-14-12-10-8-6-7-9-11-13-15-20-34-68-102-104-105-103-68)73(115)96-61-37-39-70(113)88-40-25-24-31-56(50(2)108)92-77(119)63(43-53-46-90-57-32-23-22-29-55(53)57)97-74(116)59(33-26-41-89-83(86)87)93-76(118)62(42-52-27-18-17-19-28-52)98-80(122)66-44-54(110)48-106(66)82(61)124/h17-19,22-23,27-29,32,46,51,54,56,58-66,72,90,107,109-110H,4-16,20-21,24-26,30-31,33-45,47-49,84H2,1-3H3,(H2,85,111)(H,88,113)(H,91,112)(H,92,119)(H,93,118)(H,94,121)(H,95,123)(H,96,115)(H,97,116)(H,98,122)(H,99,117)(H,100,120)(H,101,114)(H4,86,87,89)(H,102,103,104,105)/t51-,54-,56+,58+,59+,60+,61+,62-,63+,64+,65+,66+,72+/m1/s1. The number of carbonyl (C=O) groups excluding carboxylic acids is 15. The van der Waals surface area contributed by atoms with Crippen LogP contribution in [0.15, 0.2) is 60.8 Å². The van der Waals surface area contributed by atoms with Crippen LogP contribution in [0.4, 0.5) is 0 Å². The van der Waals surface area contributed by atoms with Gasteiger partial charge in [0.2, 0.25) is 82.7 Å². The second-order valence-electron chi connectivity index (χ2n) is 31.7. The lowest BCUT2D eigenvalue weighted by molar-refractivity contribution is -0.143. The van der Waals surface area contributed by atoms with Gasteiger partial charge in [-0.3, -0.25) is 77.3 Å². The molecule has 25 N–H and O–H groups in total. The van der Waals surface area contributed by atoms with E-state index in [-0.39, 0.29) is 83.3 Å². The molecule has 4 aromatic rings. The van der Waals surface area contributed by atoms with E-state index < -0.39 is 225 Å². The van der Waals surface area contributed by atoms with Crippen LogP contribution in [0.5, 0.6) is 0 Å². The summed E-state index contributed by atoms with van der Waals surface area (Å²) in [6.45, 7) is 1.43. The third-order valence-electron chi connectivity index (χ3n) is 21.7. The van der Waals surface area contributed by atoms with Gasteiger partial charge in [0.15, 0.2) is 11.7 Å². The number of carbonyl (C=O) groups is 15. The van der Waals surface area contributed by atoms with Crippen molar-refractivity contribution in [3.05, 3.63) is 77.7 Å². The van der Waals surface area contributed by atoms with Gasteiger partial charge in [-0.25, -0.2) is 5.10 Å². The predicted octanol–water partition coefficient (Wildman–Crippen LogP) is -2.18. The Balaban J connectivity index is 1.11. The van der Waals surface area contributed by atoms with Crippen molar-refractivity contribution in [1.82, 2.24) is 99.6 Å². The highest BCUT2D eigenvalue weighted by Crippen LogP contribution is 2.24. The van der Waals surface area contributed by atoms with E-state index in [1.54, 1.807) is 49.5 Å². The number of aliphatic hydroxyl groups excluding tert-OH is 3. The summed E-state index contributed by atoms with van der Waals surface area (Å²) in [6.07, 6.45) is 12.0. The number of nitrogens with one attached hydrogen (secondary N) is 16. The van der Waals surface area contributed by atoms with E-state index in [9.17, 15) is 82.4 Å². The molecule has 13 atom stereocenters. The van der Waals surface area contributed by atoms with Gasteiger partial charge in [0, 0.05) is 88.2 Å². The number of para-hydroxylation sites is 1. The topological polar surface area (TPSA) is 649 Å². The molecular formula is C83H129N23O18. The number of primary amides is 1. The molecule has 2 aliphatic rings. The number of aromatic amines is 2. The quantitative estimate of drug-likeness (QED) is 0.0127. The molecule has 2 aromatic carbocycles. The maximum absolute atomic E-state index is 15.2. The fourth-order valence-corrected chi connectivity index (χ4v) is 14.6. The van der Waals surface area contributed by atoms with E-state index in [2.05, 4.69) is 94.7 Å². The van der Waals surface area contributed by atoms with Gasteiger partial charge in [0.05, 0.1) is 31.4 Å². The SMILES string of the molecule is CCCC[C@H](NC(=O)[C@H](CO)NC(=O)[C@H](CN)NC(=O)[C@H](CCC(N)=O)NC(=O)[C@@H](NC(=O)CNC(=O)CCCCCCCCCCCCCCCc1nnn[nH]1)[C@@H](C)O)C(=O)N[C@H]1CCC(=O)NCCCC[C@@H](C(C)=O)NC(=O)[C@H](Cc2c[nH]c3ccccc23)NC(=O)[C@H](CCCNC(=N)N)NC(=O)[C@@H](Cc2ccccc2)NC(=O)[C@@H]2C[C@@H](O)CN2C1=O. The van der Waals surface area contributed by atoms with Crippen LogP contribution >= 0.6 is 0 Å². The van der Waals surface area contributed by atoms with E-state index in [0.29, 0.717) is 24.0 Å². The number of aromatic nitrogens is 5. The highest BCUT2D eigenvalue weighted by molar-refractivity contribution is 6.01. The third kappa shape index (κ3) is 36.1. The first-order valence-electron chi connectivity index (χ1n) is 43.2. The van der Waals surface area contributed by atoms with Crippen LogP contribution < -0.4 is 86.3 Å². The van der Waals surface area contributed by atoms with Gasteiger partial charge in [0.1, 0.15) is 66.2 Å². The Morgan fingerprint density at radius 1 is 0.637 bits per heavy atom. The zero-order valence-corrected chi connectivity index (χ0v) is 71.2. The van der Waals surface area contributed by atoms with Gasteiger partial charge in [-0.1, -0.05) is 139 Å². The van der Waals surface area contributed by atoms with Gasteiger partial charge in [-0.15, -0.1) is 5.10 Å². The molecule has 41 heteroatoms. The number of amides is 14. The zero-order valence-electron chi connectivity index (χ0n) is 71.2. The molecule has 124 heavy (non-hydrogen) atoms. The smallest absolute Gasteiger partial charge is 0.245 e. The number of tetrazole rings is 1. The van der Waals surface area contributed by atoms with Crippen LogP contribution in [0.25, 0.3) is 10.9 Å². The van der Waals surface area contributed by atoms with Crippen LogP contribution in [-0.2, 0) is 91.2 Å². The van der Waals surface area contributed by atoms with Crippen LogP contribution in [0.1, 0.15) is 211 Å². The first-order valence-corrected chi connectivity index (χ1v) is 43.2. The predicted molar refractivity (Wildman–Crippen MR) is 455 cm³/mol. The molecule has 0 radical (unpaired) electrons. The van der Waals surface area contributed by atoms with Crippen molar-refractivity contribution in [2.24, 2.45) is 17.2 Å². The second kappa shape index (κ2) is 54.8. The molecule has 0 unspecified atom stereocenters. The molecule has 0 saturated carbocycles. The lowest BCUT2D eigenvalue weighted by atomic mass is 10.0. The fraction of sp³-hybridized carbons (Fsp3) is 0.627. The Kier molecular flexibility index (Phi) is 44.7. The van der Waals surface area contributed by atoms with E-state index in [0.717, 1.165) is 73.0 Å². The fourth-order valence-electron chi connectivity index (χ4n) is 14.6. The van der Waals surface area contributed by atoms with Crippen molar-refractivity contribution in [1.29, 1.82) is 5.41 Å². The maximum Gasteiger partial charge on any atom is 0.245 e. The van der Waals surface area contributed by atoms with Gasteiger partial charge >= 0.3 is 0 Å². The van der Waals surface area contributed by atoms with E-state index >= 15 is 4.79 Å².